The average molecular weight is 513 g/mol. The van der Waals surface area contributed by atoms with Gasteiger partial charge in [-0.25, -0.2) is 0 Å². The Morgan fingerprint density at radius 2 is 1.31 bits per heavy atom. The quantitative estimate of drug-likeness (QED) is 0.438. The van der Waals surface area contributed by atoms with Gasteiger partial charge in [-0.1, -0.05) is 61.8 Å². The summed E-state index contributed by atoms with van der Waals surface area (Å²) in [6.07, 6.45) is 6.03. The van der Waals surface area contributed by atoms with Crippen molar-refractivity contribution in [2.24, 2.45) is 16.7 Å². The minimum atomic E-state index is -0.180. The molecular weight excluding hydrogens is 452 g/mol. The van der Waals surface area contributed by atoms with Crippen LogP contribution < -0.4 is 0 Å². The van der Waals surface area contributed by atoms with Crippen molar-refractivity contribution in [2.45, 2.75) is 114 Å². The highest BCUT2D eigenvalue weighted by molar-refractivity contribution is 5.84. The molecule has 3 rings (SSSR count). The molecule has 36 heavy (non-hydrogen) atoms. The number of Topliss-reactive ketones (excluding diaryl/α,β-unsaturated/α-hetero) is 1. The summed E-state index contributed by atoms with van der Waals surface area (Å²) in [5.41, 5.74) is -0.328. The van der Waals surface area contributed by atoms with Gasteiger partial charge >= 0.3 is 0 Å². The smallest absolute Gasteiger partial charge is 0.227 e. The highest BCUT2D eigenvalue weighted by Crippen LogP contribution is 2.23. The van der Waals surface area contributed by atoms with Gasteiger partial charge in [0.1, 0.15) is 5.78 Å². The third-order valence-electron chi connectivity index (χ3n) is 6.19. The predicted octanol–water partition coefficient (Wildman–Crippen LogP) is 6.22. The Morgan fingerprint density at radius 3 is 1.61 bits per heavy atom. The second-order valence-electron chi connectivity index (χ2n) is 13.0. The highest BCUT2D eigenvalue weighted by Gasteiger charge is 2.30. The van der Waals surface area contributed by atoms with E-state index in [0.29, 0.717) is 24.0 Å². The van der Waals surface area contributed by atoms with E-state index in [-0.39, 0.29) is 16.4 Å². The first kappa shape index (κ1) is 35.0. The van der Waals surface area contributed by atoms with Gasteiger partial charge in [0.15, 0.2) is 0 Å². The Morgan fingerprint density at radius 1 is 0.778 bits per heavy atom. The van der Waals surface area contributed by atoms with E-state index < -0.39 is 0 Å². The van der Waals surface area contributed by atoms with Crippen LogP contribution in [0.25, 0.3) is 0 Å². The lowest BCUT2D eigenvalue weighted by Gasteiger charge is -2.35. The van der Waals surface area contributed by atoms with Crippen molar-refractivity contribution >= 4 is 11.7 Å². The number of ether oxygens (including phenoxy) is 2. The molecule has 3 aliphatic heterocycles. The summed E-state index contributed by atoms with van der Waals surface area (Å²) in [7, 11) is 0. The number of hydrogen-bond acceptors (Lipinski definition) is 5. The number of carbonyl (C=O) groups excluding carboxylic acids is 2. The molecule has 6 nitrogen and oxygen atoms in total. The minimum Gasteiger partial charge on any atom is -0.381 e. The summed E-state index contributed by atoms with van der Waals surface area (Å²) >= 11 is 0. The van der Waals surface area contributed by atoms with Crippen LogP contribution in [0.1, 0.15) is 108 Å². The van der Waals surface area contributed by atoms with Crippen LogP contribution in [0.2, 0.25) is 0 Å². The Kier molecular flexibility index (Phi) is 16.3. The van der Waals surface area contributed by atoms with Crippen molar-refractivity contribution in [3.8, 4) is 0 Å². The van der Waals surface area contributed by atoms with Crippen molar-refractivity contribution in [2.75, 3.05) is 52.5 Å². The zero-order chi connectivity index (χ0) is 28.0. The van der Waals surface area contributed by atoms with E-state index in [4.69, 9.17) is 9.47 Å². The van der Waals surface area contributed by atoms with Crippen molar-refractivity contribution < 1.29 is 19.1 Å². The van der Waals surface area contributed by atoms with Crippen LogP contribution in [0.15, 0.2) is 0 Å². The standard InChI is InChI=1S/C11H23NO.C9H16O2.C8H15NO.C2H6/c1-11(2,3)13-10-9-12-7-5-4-6-8-12;1-9(2,3)8(10)4-7-5-11-6-7;1-8(2,3)7(10)9-5-4-6-9;1-2/h4-10H2,1-3H3;7H,4-6H2,1-3H3;4-6H2,1-3H3;1-2H3. The zero-order valence-electron chi connectivity index (χ0n) is 25.8. The van der Waals surface area contributed by atoms with Gasteiger partial charge in [-0.05, 0) is 53.1 Å². The van der Waals surface area contributed by atoms with Crippen molar-refractivity contribution in [1.82, 2.24) is 9.80 Å². The molecule has 0 aromatic rings. The SMILES string of the molecule is CC.CC(C)(C)C(=O)CC1COC1.CC(C)(C)C(=O)N1CCC1.CC(C)(C)OCCN1CCCCC1. The molecule has 3 saturated heterocycles. The van der Waals surface area contributed by atoms with Gasteiger partial charge in [0.05, 0.1) is 25.4 Å². The first-order valence-electron chi connectivity index (χ1n) is 14.4. The van der Waals surface area contributed by atoms with Gasteiger partial charge in [0, 0.05) is 42.8 Å². The van der Waals surface area contributed by atoms with Crippen LogP contribution in [-0.2, 0) is 19.1 Å². The number of ketones is 1. The largest absolute Gasteiger partial charge is 0.381 e. The summed E-state index contributed by atoms with van der Waals surface area (Å²) in [6.45, 7) is 30.2. The van der Waals surface area contributed by atoms with E-state index in [1.54, 1.807) is 0 Å². The Labute approximate surface area is 223 Å². The lowest BCUT2D eigenvalue weighted by molar-refractivity contribution is -0.143. The third-order valence-corrected chi connectivity index (χ3v) is 6.19. The molecule has 0 aliphatic carbocycles. The van der Waals surface area contributed by atoms with Gasteiger partial charge in [0.2, 0.25) is 5.91 Å². The number of hydrogen-bond donors (Lipinski definition) is 0. The van der Waals surface area contributed by atoms with E-state index in [2.05, 4.69) is 25.7 Å². The number of piperidine rings is 1. The van der Waals surface area contributed by atoms with Crippen LogP contribution in [0.4, 0.5) is 0 Å². The Balaban J connectivity index is 0.000000497. The first-order valence-corrected chi connectivity index (χ1v) is 14.4. The summed E-state index contributed by atoms with van der Waals surface area (Å²) in [5.74, 6) is 1.14. The predicted molar refractivity (Wildman–Crippen MR) is 151 cm³/mol. The van der Waals surface area contributed by atoms with Crippen molar-refractivity contribution in [1.29, 1.82) is 0 Å². The first-order chi connectivity index (χ1) is 16.6. The molecule has 0 saturated carbocycles. The van der Waals surface area contributed by atoms with Crippen LogP contribution >= 0.6 is 0 Å². The monoisotopic (exact) mass is 512 g/mol. The van der Waals surface area contributed by atoms with E-state index in [0.717, 1.165) is 39.5 Å². The topological polar surface area (TPSA) is 59.1 Å². The summed E-state index contributed by atoms with van der Waals surface area (Å²) < 4.78 is 10.7. The molecule has 0 spiro atoms. The fourth-order valence-corrected chi connectivity index (χ4v) is 3.63. The molecule has 0 radical (unpaired) electrons. The van der Waals surface area contributed by atoms with Gasteiger partial charge in [-0.15, -0.1) is 0 Å². The molecule has 0 bridgehead atoms. The Hall–Kier alpha value is -0.980. The van der Waals surface area contributed by atoms with E-state index in [9.17, 15) is 9.59 Å². The molecule has 0 atom stereocenters. The molecule has 214 valence electrons. The van der Waals surface area contributed by atoms with Crippen LogP contribution in [0.5, 0.6) is 0 Å². The minimum absolute atomic E-state index is 0.0236. The van der Waals surface area contributed by atoms with Gasteiger partial charge < -0.3 is 19.3 Å². The second kappa shape index (κ2) is 16.8. The molecule has 0 aromatic heterocycles. The summed E-state index contributed by atoms with van der Waals surface area (Å²) in [4.78, 5) is 27.2. The zero-order valence-corrected chi connectivity index (χ0v) is 25.8. The van der Waals surface area contributed by atoms with Crippen LogP contribution in [0.3, 0.4) is 0 Å². The number of carbonyl (C=O) groups is 2. The molecule has 1 amide bonds. The van der Waals surface area contributed by atoms with Crippen LogP contribution in [0, 0.1) is 16.7 Å². The van der Waals surface area contributed by atoms with Crippen molar-refractivity contribution in [3.63, 3.8) is 0 Å². The molecule has 3 heterocycles. The number of amides is 1. The molecule has 0 N–H and O–H groups in total. The van der Waals surface area contributed by atoms with E-state index in [1.807, 2.05) is 60.3 Å². The lowest BCUT2D eigenvalue weighted by atomic mass is 9.85. The van der Waals surface area contributed by atoms with Crippen LogP contribution in [-0.4, -0.2) is 79.6 Å². The summed E-state index contributed by atoms with van der Waals surface area (Å²) in [6, 6.07) is 0. The second-order valence-corrected chi connectivity index (χ2v) is 13.0. The molecule has 3 fully saturated rings. The molecule has 0 unspecified atom stereocenters. The maximum Gasteiger partial charge on any atom is 0.227 e. The number of likely N-dealkylation sites (tertiary alicyclic amines) is 2. The van der Waals surface area contributed by atoms with E-state index >= 15 is 0 Å². The fourth-order valence-electron chi connectivity index (χ4n) is 3.63. The normalized spacial score (nSPS) is 18.7. The molecule has 3 aliphatic rings. The molecule has 0 aromatic carbocycles. The fraction of sp³-hybridized carbons (Fsp3) is 0.933. The maximum atomic E-state index is 11.4. The summed E-state index contributed by atoms with van der Waals surface area (Å²) in [5, 5.41) is 0. The van der Waals surface area contributed by atoms with Gasteiger partial charge in [-0.2, -0.15) is 0 Å². The van der Waals surface area contributed by atoms with Crippen molar-refractivity contribution in [3.05, 3.63) is 0 Å². The van der Waals surface area contributed by atoms with Gasteiger partial charge in [-0.3, -0.25) is 9.59 Å². The number of nitrogens with zero attached hydrogens (tertiary/aromatic N) is 2. The Bertz CT molecular complexity index is 600. The average Bonchev–Trinajstić information content (AvgIpc) is 2.70. The lowest BCUT2D eigenvalue weighted by Crippen LogP contribution is -2.47. The maximum absolute atomic E-state index is 11.4. The highest BCUT2D eigenvalue weighted by atomic mass is 16.5. The third kappa shape index (κ3) is 16.0. The molecule has 6 heteroatoms. The molecular formula is C30H60N2O4. The number of rotatable bonds is 5. The van der Waals surface area contributed by atoms with Gasteiger partial charge in [0.25, 0.3) is 0 Å². The van der Waals surface area contributed by atoms with E-state index in [1.165, 1.54) is 38.8 Å².